The third-order valence-corrected chi connectivity index (χ3v) is 2.54. The Morgan fingerprint density at radius 1 is 1.26 bits per heavy atom. The van der Waals surface area contributed by atoms with Crippen molar-refractivity contribution in [3.63, 3.8) is 0 Å². The van der Waals surface area contributed by atoms with Gasteiger partial charge in [0, 0.05) is 19.5 Å². The number of carboxylic acid groups (broad SMARTS) is 1. The smallest absolute Gasteiger partial charge is 0.330 e. The van der Waals surface area contributed by atoms with Crippen molar-refractivity contribution in [2.75, 3.05) is 13.7 Å². The number of aliphatic carboxylic acids is 1. The molecule has 0 aliphatic rings. The number of amides is 1. The van der Waals surface area contributed by atoms with Gasteiger partial charge in [0.15, 0.2) is 6.04 Å². The van der Waals surface area contributed by atoms with Crippen LogP contribution in [0.1, 0.15) is 17.3 Å². The van der Waals surface area contributed by atoms with Gasteiger partial charge in [0.1, 0.15) is 6.61 Å². The number of esters is 1. The summed E-state index contributed by atoms with van der Waals surface area (Å²) in [6, 6.07) is 7.08. The molecule has 0 saturated heterocycles. The Morgan fingerprint density at radius 3 is 2.32 bits per heavy atom. The molecule has 0 aromatic heterocycles. The third-order valence-electron chi connectivity index (χ3n) is 2.54. The molecule has 1 N–H and O–H groups in total. The Labute approximate surface area is 110 Å². The SMILES string of the molecule is CC(=O)OCC(C(=O)O)N(C)C(=O)c1ccccc1. The third kappa shape index (κ3) is 4.09. The molecule has 1 aromatic rings. The molecule has 0 spiro atoms. The molecule has 0 saturated carbocycles. The minimum absolute atomic E-state index is 0.374. The number of carbonyl (C=O) groups excluding carboxylic acids is 2. The highest BCUT2D eigenvalue weighted by atomic mass is 16.5. The number of benzene rings is 1. The van der Waals surface area contributed by atoms with Crippen molar-refractivity contribution < 1.29 is 24.2 Å². The van der Waals surface area contributed by atoms with E-state index in [1.165, 1.54) is 14.0 Å². The van der Waals surface area contributed by atoms with Gasteiger partial charge in [-0.2, -0.15) is 0 Å². The molecule has 1 aromatic carbocycles. The number of carbonyl (C=O) groups is 3. The summed E-state index contributed by atoms with van der Waals surface area (Å²) in [5.74, 6) is -2.26. The lowest BCUT2D eigenvalue weighted by atomic mass is 10.1. The summed E-state index contributed by atoms with van der Waals surface area (Å²) in [5.41, 5.74) is 0.374. The van der Waals surface area contributed by atoms with E-state index >= 15 is 0 Å². The van der Waals surface area contributed by atoms with Gasteiger partial charge < -0.3 is 14.7 Å². The van der Waals surface area contributed by atoms with Crippen LogP contribution >= 0.6 is 0 Å². The first-order chi connectivity index (χ1) is 8.93. The molecule has 0 fully saturated rings. The number of hydrogen-bond donors (Lipinski definition) is 1. The van der Waals surface area contributed by atoms with Crippen molar-refractivity contribution in [1.29, 1.82) is 0 Å². The lowest BCUT2D eigenvalue weighted by molar-refractivity contribution is -0.149. The highest BCUT2D eigenvalue weighted by Gasteiger charge is 2.28. The van der Waals surface area contributed by atoms with E-state index in [9.17, 15) is 14.4 Å². The maximum Gasteiger partial charge on any atom is 0.330 e. The Balaban J connectivity index is 2.82. The predicted molar refractivity (Wildman–Crippen MR) is 66.6 cm³/mol. The van der Waals surface area contributed by atoms with E-state index in [2.05, 4.69) is 4.74 Å². The van der Waals surface area contributed by atoms with Crippen LogP contribution in [0.4, 0.5) is 0 Å². The predicted octanol–water partition coefficient (Wildman–Crippen LogP) is 0.775. The molecule has 0 aliphatic heterocycles. The van der Waals surface area contributed by atoms with Crippen molar-refractivity contribution in [2.45, 2.75) is 13.0 Å². The summed E-state index contributed by atoms with van der Waals surface area (Å²) < 4.78 is 4.66. The summed E-state index contributed by atoms with van der Waals surface area (Å²) in [4.78, 5) is 34.9. The molecule has 1 unspecified atom stereocenters. The molecular weight excluding hydrogens is 250 g/mol. The van der Waals surface area contributed by atoms with E-state index in [1.807, 2.05) is 0 Å². The number of nitrogens with zero attached hydrogens (tertiary/aromatic N) is 1. The Bertz CT molecular complexity index is 471. The van der Waals surface area contributed by atoms with Crippen LogP contribution in [-0.4, -0.2) is 47.5 Å². The number of carboxylic acids is 1. The summed E-state index contributed by atoms with van der Waals surface area (Å²) in [6.45, 7) is 0.803. The molecule has 102 valence electrons. The van der Waals surface area contributed by atoms with E-state index in [0.717, 1.165) is 4.90 Å². The van der Waals surface area contributed by atoms with E-state index in [0.29, 0.717) is 5.56 Å². The first-order valence-electron chi connectivity index (χ1n) is 5.62. The second-order valence-corrected chi connectivity index (χ2v) is 3.94. The molecule has 1 rings (SSSR count). The first-order valence-corrected chi connectivity index (χ1v) is 5.62. The van der Waals surface area contributed by atoms with Gasteiger partial charge in [0.05, 0.1) is 0 Å². The number of rotatable bonds is 5. The molecule has 0 heterocycles. The lowest BCUT2D eigenvalue weighted by Gasteiger charge is -2.24. The van der Waals surface area contributed by atoms with E-state index in [1.54, 1.807) is 30.3 Å². The van der Waals surface area contributed by atoms with Crippen LogP contribution in [0.5, 0.6) is 0 Å². The monoisotopic (exact) mass is 265 g/mol. The number of ether oxygens (including phenoxy) is 1. The molecule has 0 aliphatic carbocycles. The van der Waals surface area contributed by atoms with Crippen molar-refractivity contribution in [3.8, 4) is 0 Å². The highest BCUT2D eigenvalue weighted by molar-refractivity contribution is 5.96. The fourth-order valence-corrected chi connectivity index (χ4v) is 1.47. The summed E-state index contributed by atoms with van der Waals surface area (Å²) in [6.07, 6.45) is 0. The second kappa shape index (κ2) is 6.53. The first kappa shape index (κ1) is 14.7. The Hall–Kier alpha value is -2.37. The number of likely N-dealkylation sites (N-methyl/N-ethyl adjacent to an activating group) is 1. The van der Waals surface area contributed by atoms with Crippen LogP contribution < -0.4 is 0 Å². The van der Waals surface area contributed by atoms with Crippen LogP contribution in [-0.2, 0) is 14.3 Å². The Morgan fingerprint density at radius 2 is 1.84 bits per heavy atom. The lowest BCUT2D eigenvalue weighted by Crippen LogP contribution is -2.45. The van der Waals surface area contributed by atoms with Crippen LogP contribution in [0.15, 0.2) is 30.3 Å². The van der Waals surface area contributed by atoms with Gasteiger partial charge in [-0.3, -0.25) is 9.59 Å². The zero-order valence-electron chi connectivity index (χ0n) is 10.7. The van der Waals surface area contributed by atoms with Gasteiger partial charge in [-0.15, -0.1) is 0 Å². The topological polar surface area (TPSA) is 83.9 Å². The zero-order valence-corrected chi connectivity index (χ0v) is 10.7. The van der Waals surface area contributed by atoms with Gasteiger partial charge in [0.25, 0.3) is 5.91 Å². The van der Waals surface area contributed by atoms with Crippen molar-refractivity contribution in [2.24, 2.45) is 0 Å². The average molecular weight is 265 g/mol. The molecule has 1 amide bonds. The molecule has 0 radical (unpaired) electrons. The minimum atomic E-state index is -1.23. The largest absolute Gasteiger partial charge is 0.480 e. The molecule has 6 nitrogen and oxygen atoms in total. The van der Waals surface area contributed by atoms with Crippen molar-refractivity contribution in [1.82, 2.24) is 4.90 Å². The van der Waals surface area contributed by atoms with Crippen LogP contribution in [0.2, 0.25) is 0 Å². The van der Waals surface area contributed by atoms with Gasteiger partial charge in [-0.25, -0.2) is 4.79 Å². The normalized spacial score (nSPS) is 11.5. The van der Waals surface area contributed by atoms with Gasteiger partial charge >= 0.3 is 11.9 Å². The molecule has 19 heavy (non-hydrogen) atoms. The van der Waals surface area contributed by atoms with Crippen molar-refractivity contribution >= 4 is 17.8 Å². The highest BCUT2D eigenvalue weighted by Crippen LogP contribution is 2.07. The van der Waals surface area contributed by atoms with Gasteiger partial charge in [0.2, 0.25) is 0 Å². The fraction of sp³-hybridized carbons (Fsp3) is 0.308. The number of hydrogen-bond acceptors (Lipinski definition) is 4. The van der Waals surface area contributed by atoms with E-state index in [-0.39, 0.29) is 6.61 Å². The van der Waals surface area contributed by atoms with Crippen LogP contribution in [0.3, 0.4) is 0 Å². The fourth-order valence-electron chi connectivity index (χ4n) is 1.47. The standard InChI is InChI=1S/C13H15NO5/c1-9(15)19-8-11(13(17)18)14(2)12(16)10-6-4-3-5-7-10/h3-7,11H,8H2,1-2H3,(H,17,18). The second-order valence-electron chi connectivity index (χ2n) is 3.94. The molecule has 1 atom stereocenters. The average Bonchev–Trinajstić information content (AvgIpc) is 2.38. The van der Waals surface area contributed by atoms with Crippen LogP contribution in [0, 0.1) is 0 Å². The molecule has 0 bridgehead atoms. The van der Waals surface area contributed by atoms with Gasteiger partial charge in [-0.1, -0.05) is 18.2 Å². The minimum Gasteiger partial charge on any atom is -0.480 e. The zero-order chi connectivity index (χ0) is 14.4. The maximum absolute atomic E-state index is 12.1. The Kier molecular flexibility index (Phi) is 5.05. The van der Waals surface area contributed by atoms with Gasteiger partial charge in [-0.05, 0) is 12.1 Å². The summed E-state index contributed by atoms with van der Waals surface area (Å²) >= 11 is 0. The quantitative estimate of drug-likeness (QED) is 0.795. The molecule has 6 heteroatoms. The van der Waals surface area contributed by atoms with Crippen LogP contribution in [0.25, 0.3) is 0 Å². The maximum atomic E-state index is 12.1. The summed E-state index contributed by atoms with van der Waals surface area (Å²) in [5, 5.41) is 9.07. The molecular formula is C13H15NO5. The van der Waals surface area contributed by atoms with E-state index < -0.39 is 23.9 Å². The summed E-state index contributed by atoms with van der Waals surface area (Å²) in [7, 11) is 1.36. The van der Waals surface area contributed by atoms with E-state index in [4.69, 9.17) is 5.11 Å². The van der Waals surface area contributed by atoms with Crippen molar-refractivity contribution in [3.05, 3.63) is 35.9 Å².